The third-order valence-electron chi connectivity index (χ3n) is 9.33. The molecule has 8 nitrogen and oxygen atoms in total. The maximum absolute atomic E-state index is 14.6. The first-order valence-corrected chi connectivity index (χ1v) is 16.7. The van der Waals surface area contributed by atoms with Crippen LogP contribution in [0.1, 0.15) is 52.9 Å². The molecule has 0 bridgehead atoms. The first kappa shape index (κ1) is 30.7. The van der Waals surface area contributed by atoms with Gasteiger partial charge in [-0.05, 0) is 57.4 Å². The molecule has 228 valence electrons. The molecule has 1 aromatic rings. The molecule has 1 aromatic carbocycles. The minimum Gasteiger partial charge on any atom is -0.396 e. The summed E-state index contributed by atoms with van der Waals surface area (Å²) in [6.45, 7) is 10.4. The number of hydrogen-bond acceptors (Lipinski definition) is 6. The second-order valence-electron chi connectivity index (χ2n) is 11.8. The average molecular weight is 595 g/mol. The van der Waals surface area contributed by atoms with E-state index in [2.05, 4.69) is 56.0 Å². The van der Waals surface area contributed by atoms with Gasteiger partial charge in [0.25, 0.3) is 5.91 Å². The molecule has 0 radical (unpaired) electrons. The normalized spacial score (nSPS) is 28.6. The van der Waals surface area contributed by atoms with Crippen LogP contribution in [0.4, 0.5) is 11.4 Å². The largest absolute Gasteiger partial charge is 0.396 e. The Labute approximate surface area is 254 Å². The number of fused-ring (bicyclic) bond motifs is 2. The van der Waals surface area contributed by atoms with Crippen LogP contribution in [0.5, 0.6) is 0 Å². The van der Waals surface area contributed by atoms with Gasteiger partial charge in [-0.1, -0.05) is 44.1 Å². The molecule has 2 fully saturated rings. The summed E-state index contributed by atoms with van der Waals surface area (Å²) < 4.78 is -0.792. The summed E-state index contributed by atoms with van der Waals surface area (Å²) in [4.78, 5) is 50.8. The summed E-state index contributed by atoms with van der Waals surface area (Å²) in [6, 6.07) is 7.47. The number of carbonyl (C=O) groups is 3. The van der Waals surface area contributed by atoms with E-state index in [9.17, 15) is 19.5 Å². The number of hydrogen-bond donors (Lipinski definition) is 1. The Hall–Kier alpha value is -2.78. The molecule has 4 aliphatic heterocycles. The van der Waals surface area contributed by atoms with Gasteiger partial charge < -0.3 is 24.7 Å². The maximum atomic E-state index is 14.6. The van der Waals surface area contributed by atoms with Gasteiger partial charge in [-0.2, -0.15) is 0 Å². The summed E-state index contributed by atoms with van der Waals surface area (Å²) in [6.07, 6.45) is 12.4. The summed E-state index contributed by atoms with van der Waals surface area (Å²) >= 11 is 1.64. The van der Waals surface area contributed by atoms with Crippen molar-refractivity contribution >= 4 is 40.9 Å². The third kappa shape index (κ3) is 5.39. The number of aliphatic hydroxyl groups excluding tert-OH is 1. The predicted octanol–water partition coefficient (Wildman–Crippen LogP) is 4.09. The van der Waals surface area contributed by atoms with Gasteiger partial charge in [0.15, 0.2) is 0 Å². The van der Waals surface area contributed by atoms with E-state index in [-0.39, 0.29) is 29.6 Å². The Kier molecular flexibility index (Phi) is 9.67. The zero-order valence-electron chi connectivity index (χ0n) is 25.3. The van der Waals surface area contributed by atoms with Crippen LogP contribution < -0.4 is 9.80 Å². The second-order valence-corrected chi connectivity index (χ2v) is 13.3. The molecule has 3 amide bonds. The van der Waals surface area contributed by atoms with Crippen LogP contribution in [-0.2, 0) is 14.4 Å². The monoisotopic (exact) mass is 594 g/mol. The van der Waals surface area contributed by atoms with Gasteiger partial charge in [-0.25, -0.2) is 0 Å². The van der Waals surface area contributed by atoms with Crippen LogP contribution in [0.25, 0.3) is 0 Å². The fourth-order valence-corrected chi connectivity index (χ4v) is 9.32. The Bertz CT molecular complexity index is 1200. The van der Waals surface area contributed by atoms with Gasteiger partial charge in [0.2, 0.25) is 11.8 Å². The second kappa shape index (κ2) is 13.2. The minimum absolute atomic E-state index is 0.0343. The van der Waals surface area contributed by atoms with Crippen LogP contribution >= 0.6 is 11.8 Å². The lowest BCUT2D eigenvalue weighted by atomic mass is 9.78. The van der Waals surface area contributed by atoms with E-state index in [1.165, 1.54) is 0 Å². The van der Waals surface area contributed by atoms with Crippen LogP contribution in [-0.4, -0.2) is 94.5 Å². The van der Waals surface area contributed by atoms with Gasteiger partial charge in [-0.3, -0.25) is 14.4 Å². The molecular formula is C33H46N4O4S. The van der Waals surface area contributed by atoms with Crippen molar-refractivity contribution < 1.29 is 19.5 Å². The molecule has 1 spiro atoms. The molecule has 1 unspecified atom stereocenters. The fourth-order valence-electron chi connectivity index (χ4n) is 7.31. The Balaban J connectivity index is 1.50. The topological polar surface area (TPSA) is 84.4 Å². The zero-order chi connectivity index (χ0) is 29.9. The van der Waals surface area contributed by atoms with E-state index < -0.39 is 22.6 Å². The van der Waals surface area contributed by atoms with E-state index in [1.807, 2.05) is 28.0 Å². The molecule has 2 saturated heterocycles. The van der Waals surface area contributed by atoms with E-state index in [4.69, 9.17) is 0 Å². The Morgan fingerprint density at radius 1 is 0.905 bits per heavy atom. The number of carbonyl (C=O) groups excluding carboxylic acids is 3. The molecule has 9 heteroatoms. The number of aliphatic hydroxyl groups is 1. The van der Waals surface area contributed by atoms with Crippen molar-refractivity contribution in [3.8, 4) is 0 Å². The lowest BCUT2D eigenvalue weighted by Crippen LogP contribution is -2.53. The third-order valence-corrected chi connectivity index (χ3v) is 11.1. The lowest BCUT2D eigenvalue weighted by Gasteiger charge is -2.35. The van der Waals surface area contributed by atoms with Crippen LogP contribution in [0.15, 0.2) is 48.6 Å². The van der Waals surface area contributed by atoms with Gasteiger partial charge in [-0.15, -0.1) is 11.8 Å². The highest BCUT2D eigenvalue weighted by atomic mass is 32.2. The molecule has 4 aliphatic rings. The molecule has 0 aromatic heterocycles. The highest BCUT2D eigenvalue weighted by Crippen LogP contribution is 2.61. The van der Waals surface area contributed by atoms with Crippen molar-refractivity contribution in [3.05, 3.63) is 48.6 Å². The molecular weight excluding hydrogens is 548 g/mol. The Morgan fingerprint density at radius 3 is 2.33 bits per heavy atom. The van der Waals surface area contributed by atoms with E-state index in [0.717, 1.165) is 56.6 Å². The number of amides is 3. The number of benzene rings is 1. The SMILES string of the molecule is CCCN1CC=C[C@H]2S[C@]34C=CCN(c5ccc(N(CC)CC)cc5)C(=O)C3N(CCCCCCO)C(=O)[C@@H]4[C@H]2C1=O. The standard InChI is InChI=1S/C33H46N4O4S/c1-4-19-35-20-11-13-26-27(30(35)39)28-31(40)37(21-9-7-8-10-23-38)29-32(41)36(22-12-18-33(28,29)42-26)25-16-14-24(15-17-25)34(5-2)6-3/h11-18,26-29,38H,4-10,19-23H2,1-3H3/t26-,27+,28+,29?,33+/m1/s1. The maximum Gasteiger partial charge on any atom is 0.251 e. The molecule has 4 heterocycles. The first-order valence-electron chi connectivity index (χ1n) is 15.8. The molecule has 5 atom stereocenters. The summed E-state index contributed by atoms with van der Waals surface area (Å²) in [7, 11) is 0. The van der Waals surface area contributed by atoms with E-state index in [0.29, 0.717) is 26.2 Å². The number of thioether (sulfide) groups is 1. The van der Waals surface area contributed by atoms with Crippen LogP contribution in [0.3, 0.4) is 0 Å². The fraction of sp³-hybridized carbons (Fsp3) is 0.606. The van der Waals surface area contributed by atoms with Crippen LogP contribution in [0.2, 0.25) is 0 Å². The van der Waals surface area contributed by atoms with Crippen molar-refractivity contribution in [1.82, 2.24) is 9.80 Å². The number of unbranched alkanes of at least 4 members (excludes halogenated alkanes) is 3. The molecule has 1 N–H and O–H groups in total. The molecule has 0 saturated carbocycles. The minimum atomic E-state index is -0.792. The van der Waals surface area contributed by atoms with Crippen molar-refractivity contribution in [2.45, 2.75) is 68.9 Å². The smallest absolute Gasteiger partial charge is 0.251 e. The summed E-state index contributed by atoms with van der Waals surface area (Å²) in [5.41, 5.74) is 1.94. The van der Waals surface area contributed by atoms with Gasteiger partial charge >= 0.3 is 0 Å². The van der Waals surface area contributed by atoms with Gasteiger partial charge in [0.1, 0.15) is 6.04 Å². The van der Waals surface area contributed by atoms with Gasteiger partial charge in [0.05, 0.1) is 16.6 Å². The Morgan fingerprint density at radius 2 is 1.64 bits per heavy atom. The van der Waals surface area contributed by atoms with Crippen molar-refractivity contribution in [3.63, 3.8) is 0 Å². The summed E-state index contributed by atoms with van der Waals surface area (Å²) in [5, 5.41) is 9.07. The summed E-state index contributed by atoms with van der Waals surface area (Å²) in [5.74, 6) is -1.17. The van der Waals surface area contributed by atoms with Crippen LogP contribution in [0, 0.1) is 11.8 Å². The molecule has 0 aliphatic carbocycles. The predicted molar refractivity (Wildman–Crippen MR) is 170 cm³/mol. The highest BCUT2D eigenvalue weighted by Gasteiger charge is 2.70. The van der Waals surface area contributed by atoms with Crippen molar-refractivity contribution in [2.75, 3.05) is 55.7 Å². The number of nitrogens with zero attached hydrogens (tertiary/aromatic N) is 4. The number of likely N-dealkylation sites (tertiary alicyclic amines) is 1. The first-order chi connectivity index (χ1) is 20.4. The van der Waals surface area contributed by atoms with E-state index in [1.54, 1.807) is 16.7 Å². The van der Waals surface area contributed by atoms with Gasteiger partial charge in [0, 0.05) is 62.5 Å². The van der Waals surface area contributed by atoms with E-state index >= 15 is 0 Å². The average Bonchev–Trinajstić information content (AvgIpc) is 3.31. The highest BCUT2D eigenvalue weighted by molar-refractivity contribution is 8.02. The number of rotatable bonds is 12. The zero-order valence-corrected chi connectivity index (χ0v) is 26.1. The molecule has 5 rings (SSSR count). The van der Waals surface area contributed by atoms with Crippen molar-refractivity contribution in [2.24, 2.45) is 11.8 Å². The molecule has 42 heavy (non-hydrogen) atoms. The lowest BCUT2D eigenvalue weighted by molar-refractivity contribution is -0.142. The van der Waals surface area contributed by atoms with Crippen molar-refractivity contribution in [1.29, 1.82) is 0 Å². The quantitative estimate of drug-likeness (QED) is 0.290. The number of anilines is 2.